The minimum absolute atomic E-state index is 0. The van der Waals surface area contributed by atoms with Crippen molar-refractivity contribution in [1.29, 1.82) is 0 Å². The number of nitrogens with two attached hydrogens (primary N) is 1. The molecule has 1 amide bonds. The maximum Gasteiger partial charge on any atom is 0.252 e. The van der Waals surface area contributed by atoms with Gasteiger partial charge in [0.05, 0.1) is 16.3 Å². The number of aryl methyl sites for hydroxylation is 1. The number of nitrogens with one attached hydrogen (secondary N) is 1. The lowest BCUT2D eigenvalue weighted by molar-refractivity contribution is 0.0952. The Hall–Kier alpha value is -0.790. The molecule has 0 saturated heterocycles. The average Bonchev–Trinajstić information content (AvgIpc) is 2.88. The quantitative estimate of drug-likeness (QED) is 0.755. The zero-order valence-corrected chi connectivity index (χ0v) is 15.3. The molecule has 8 heteroatoms. The third-order valence-electron chi connectivity index (χ3n) is 2.60. The highest BCUT2D eigenvalue weighted by Crippen LogP contribution is 2.26. The Labute approximate surface area is 151 Å². The monoisotopic (exact) mass is 379 g/mol. The fourth-order valence-corrected chi connectivity index (χ4v) is 3.35. The van der Waals surface area contributed by atoms with Gasteiger partial charge in [0.25, 0.3) is 5.91 Å². The van der Waals surface area contributed by atoms with Crippen LogP contribution in [0.2, 0.25) is 0 Å². The topological polar surface area (TPSA) is 68.0 Å². The van der Waals surface area contributed by atoms with E-state index >= 15 is 0 Å². The number of thioether (sulfide) groups is 1. The lowest BCUT2D eigenvalue weighted by Gasteiger charge is -2.08. The summed E-state index contributed by atoms with van der Waals surface area (Å²) in [5, 5.41) is 5.92. The van der Waals surface area contributed by atoms with Crippen LogP contribution in [0.3, 0.4) is 0 Å². The molecule has 4 nitrogen and oxygen atoms in total. The summed E-state index contributed by atoms with van der Waals surface area (Å²) in [4.78, 5) is 17.4. The number of halogens is 2. The number of thiazole rings is 1. The van der Waals surface area contributed by atoms with Crippen LogP contribution in [0.5, 0.6) is 0 Å². The van der Waals surface area contributed by atoms with Crippen molar-refractivity contribution in [2.45, 2.75) is 17.6 Å². The highest BCUT2D eigenvalue weighted by molar-refractivity contribution is 7.98. The van der Waals surface area contributed by atoms with Gasteiger partial charge in [-0.3, -0.25) is 4.79 Å². The Kier molecular flexibility index (Phi) is 10.5. The summed E-state index contributed by atoms with van der Waals surface area (Å²) in [6, 6.07) is 7.60. The number of carbonyl (C=O) groups excluding carboxylic acids is 1. The molecule has 1 aromatic heterocycles. The summed E-state index contributed by atoms with van der Waals surface area (Å²) < 4.78 is 0. The van der Waals surface area contributed by atoms with E-state index in [1.54, 1.807) is 23.1 Å². The summed E-state index contributed by atoms with van der Waals surface area (Å²) in [5.74, 6) is 0.693. The first-order valence-corrected chi connectivity index (χ1v) is 8.18. The molecule has 0 bridgehead atoms. The van der Waals surface area contributed by atoms with Crippen LogP contribution in [-0.2, 0) is 5.75 Å². The van der Waals surface area contributed by atoms with Crippen LogP contribution in [0.25, 0.3) is 0 Å². The summed E-state index contributed by atoms with van der Waals surface area (Å²) in [5.41, 5.74) is 7.15. The predicted molar refractivity (Wildman–Crippen MR) is 98.7 cm³/mol. The van der Waals surface area contributed by atoms with Crippen molar-refractivity contribution >= 4 is 53.8 Å². The summed E-state index contributed by atoms with van der Waals surface area (Å²) in [6.45, 7) is 2.93. The van der Waals surface area contributed by atoms with Crippen molar-refractivity contribution in [3.8, 4) is 0 Å². The average molecular weight is 380 g/mol. The van der Waals surface area contributed by atoms with E-state index in [0.717, 1.165) is 21.3 Å². The molecule has 2 aromatic rings. The third-order valence-corrected chi connectivity index (χ3v) is 4.53. The van der Waals surface area contributed by atoms with E-state index in [1.807, 2.05) is 31.2 Å². The molecule has 2 rings (SSSR count). The van der Waals surface area contributed by atoms with Crippen molar-refractivity contribution in [1.82, 2.24) is 10.3 Å². The first-order valence-electron chi connectivity index (χ1n) is 6.32. The molecule has 0 aliphatic rings. The minimum atomic E-state index is -0.0759. The van der Waals surface area contributed by atoms with Gasteiger partial charge in [-0.05, 0) is 19.1 Å². The van der Waals surface area contributed by atoms with Gasteiger partial charge in [-0.25, -0.2) is 4.98 Å². The summed E-state index contributed by atoms with van der Waals surface area (Å²) in [6.07, 6.45) is 0. The normalized spacial score (nSPS) is 9.55. The fraction of sp³-hybridized carbons (Fsp3) is 0.286. The number of aromatic nitrogens is 1. The van der Waals surface area contributed by atoms with Crippen LogP contribution in [0.1, 0.15) is 21.1 Å². The zero-order chi connectivity index (χ0) is 14.4. The maximum atomic E-state index is 12.0. The Morgan fingerprint density at radius 3 is 2.73 bits per heavy atom. The Balaban J connectivity index is 0.00000220. The van der Waals surface area contributed by atoms with Crippen molar-refractivity contribution in [3.63, 3.8) is 0 Å². The molecule has 0 fully saturated rings. The van der Waals surface area contributed by atoms with Gasteiger partial charge < -0.3 is 11.1 Å². The first-order chi connectivity index (χ1) is 9.70. The molecule has 122 valence electrons. The van der Waals surface area contributed by atoms with E-state index < -0.39 is 0 Å². The van der Waals surface area contributed by atoms with E-state index in [0.29, 0.717) is 18.7 Å². The van der Waals surface area contributed by atoms with E-state index in [-0.39, 0.29) is 30.7 Å². The second-order valence-electron chi connectivity index (χ2n) is 4.19. The van der Waals surface area contributed by atoms with Crippen LogP contribution in [0.4, 0.5) is 0 Å². The van der Waals surface area contributed by atoms with Crippen LogP contribution < -0.4 is 11.1 Å². The van der Waals surface area contributed by atoms with Gasteiger partial charge >= 0.3 is 0 Å². The number of hydrogen-bond acceptors (Lipinski definition) is 5. The number of rotatable bonds is 6. The predicted octanol–water partition coefficient (Wildman–Crippen LogP) is 3.28. The van der Waals surface area contributed by atoms with E-state index in [4.69, 9.17) is 5.73 Å². The van der Waals surface area contributed by atoms with Crippen molar-refractivity contribution in [2.75, 3.05) is 13.1 Å². The zero-order valence-electron chi connectivity index (χ0n) is 12.1. The van der Waals surface area contributed by atoms with Gasteiger partial charge in [0, 0.05) is 29.1 Å². The van der Waals surface area contributed by atoms with Gasteiger partial charge in [0.15, 0.2) is 0 Å². The molecule has 1 heterocycles. The molecule has 0 radical (unpaired) electrons. The number of nitrogens with zero attached hydrogens (tertiary/aromatic N) is 1. The molecule has 0 unspecified atom stereocenters. The Morgan fingerprint density at radius 1 is 1.36 bits per heavy atom. The lowest BCUT2D eigenvalue weighted by Crippen LogP contribution is -2.29. The maximum absolute atomic E-state index is 12.0. The number of carbonyl (C=O) groups is 1. The second kappa shape index (κ2) is 10.9. The Bertz CT molecular complexity index is 593. The van der Waals surface area contributed by atoms with Crippen LogP contribution in [0.15, 0.2) is 34.5 Å². The van der Waals surface area contributed by atoms with Crippen molar-refractivity contribution < 1.29 is 4.79 Å². The molecule has 0 aliphatic heterocycles. The third kappa shape index (κ3) is 6.14. The number of amides is 1. The molecule has 0 spiro atoms. The van der Waals surface area contributed by atoms with Crippen LogP contribution >= 0.6 is 47.9 Å². The SMILES string of the molecule is Cc1nc(CSc2ccccc2C(=O)NCCN)cs1.Cl.Cl. The standard InChI is InChI=1S/C14H17N3OS2.2ClH/c1-10-17-11(8-19-10)9-20-13-5-3-2-4-12(13)14(18)16-7-6-15;;/h2-5,8H,6-7,9,15H2,1H3,(H,16,18);2*1H. The number of hydrogen-bond donors (Lipinski definition) is 2. The Morgan fingerprint density at radius 2 is 2.09 bits per heavy atom. The van der Waals surface area contributed by atoms with Gasteiger partial charge in [-0.15, -0.1) is 47.9 Å². The summed E-state index contributed by atoms with van der Waals surface area (Å²) in [7, 11) is 0. The van der Waals surface area contributed by atoms with Crippen LogP contribution in [0, 0.1) is 6.92 Å². The summed E-state index contributed by atoms with van der Waals surface area (Å²) >= 11 is 3.27. The molecule has 22 heavy (non-hydrogen) atoms. The largest absolute Gasteiger partial charge is 0.351 e. The molecule has 1 aromatic carbocycles. The molecular weight excluding hydrogens is 361 g/mol. The van der Waals surface area contributed by atoms with Gasteiger partial charge in [0.2, 0.25) is 0 Å². The van der Waals surface area contributed by atoms with E-state index in [1.165, 1.54) is 0 Å². The fourth-order valence-electron chi connectivity index (χ4n) is 1.69. The van der Waals surface area contributed by atoms with Crippen LogP contribution in [-0.4, -0.2) is 24.0 Å². The van der Waals surface area contributed by atoms with E-state index in [2.05, 4.69) is 15.7 Å². The lowest BCUT2D eigenvalue weighted by atomic mass is 10.2. The highest BCUT2D eigenvalue weighted by Gasteiger charge is 2.11. The molecule has 3 N–H and O–H groups in total. The molecule has 0 aliphatic carbocycles. The van der Waals surface area contributed by atoms with E-state index in [9.17, 15) is 4.79 Å². The number of benzene rings is 1. The van der Waals surface area contributed by atoms with Gasteiger partial charge in [-0.1, -0.05) is 12.1 Å². The first kappa shape index (κ1) is 21.2. The second-order valence-corrected chi connectivity index (χ2v) is 6.27. The minimum Gasteiger partial charge on any atom is -0.351 e. The molecule has 0 atom stereocenters. The highest BCUT2D eigenvalue weighted by atomic mass is 35.5. The van der Waals surface area contributed by atoms with Gasteiger partial charge in [-0.2, -0.15) is 0 Å². The van der Waals surface area contributed by atoms with Gasteiger partial charge in [0.1, 0.15) is 0 Å². The molecule has 0 saturated carbocycles. The molecular formula is C14H19Cl2N3OS2. The van der Waals surface area contributed by atoms with Crippen molar-refractivity contribution in [2.24, 2.45) is 5.73 Å². The smallest absolute Gasteiger partial charge is 0.252 e. The van der Waals surface area contributed by atoms with Crippen molar-refractivity contribution in [3.05, 3.63) is 45.9 Å².